The van der Waals surface area contributed by atoms with E-state index < -0.39 is 67.0 Å². The van der Waals surface area contributed by atoms with Crippen LogP contribution in [0, 0.1) is 0 Å². The summed E-state index contributed by atoms with van der Waals surface area (Å²) in [6.45, 7) is 2.88. The number of hydrogen-bond donors (Lipinski definition) is 1. The summed E-state index contributed by atoms with van der Waals surface area (Å²) in [5.41, 5.74) is 0.208. The van der Waals surface area contributed by atoms with Crippen molar-refractivity contribution in [1.82, 2.24) is 4.90 Å². The van der Waals surface area contributed by atoms with Crippen LogP contribution in [0.2, 0.25) is 0 Å². The molecule has 2 heterocycles. The van der Waals surface area contributed by atoms with Gasteiger partial charge in [-0.25, -0.2) is 0 Å². The summed E-state index contributed by atoms with van der Waals surface area (Å²) in [7, 11) is 0. The Bertz CT molecular complexity index is 893. The highest BCUT2D eigenvalue weighted by atomic mass is 16.7. The summed E-state index contributed by atoms with van der Waals surface area (Å²) >= 11 is 0. The minimum Gasteiger partial charge on any atom is -0.463 e. The fourth-order valence-electron chi connectivity index (χ4n) is 3.65. The number of carbonyl (C=O) groups excluding carboxylic acids is 5. The van der Waals surface area contributed by atoms with Gasteiger partial charge in [0.05, 0.1) is 11.1 Å². The lowest BCUT2D eigenvalue weighted by Gasteiger charge is -2.45. The molecule has 2 aliphatic rings. The number of esters is 3. The van der Waals surface area contributed by atoms with Gasteiger partial charge >= 0.3 is 17.9 Å². The molecule has 0 aliphatic carbocycles. The lowest BCUT2D eigenvalue weighted by atomic mass is 9.95. The molecule has 0 saturated carbocycles. The number of amides is 2. The highest BCUT2D eigenvalue weighted by Gasteiger charge is 2.56. The molecule has 11 nitrogen and oxygen atoms in total. The maximum Gasteiger partial charge on any atom is 0.303 e. The van der Waals surface area contributed by atoms with E-state index in [9.17, 15) is 29.1 Å². The zero-order valence-corrected chi connectivity index (χ0v) is 17.0. The Morgan fingerprint density at radius 3 is 1.94 bits per heavy atom. The second-order valence-electron chi connectivity index (χ2n) is 7.03. The van der Waals surface area contributed by atoms with E-state index in [1.165, 1.54) is 12.1 Å². The Balaban J connectivity index is 2.01. The Hall–Kier alpha value is -3.31. The third kappa shape index (κ3) is 4.42. The van der Waals surface area contributed by atoms with Gasteiger partial charge in [0.1, 0.15) is 18.8 Å². The van der Waals surface area contributed by atoms with Gasteiger partial charge in [-0.3, -0.25) is 28.9 Å². The van der Waals surface area contributed by atoms with Crippen molar-refractivity contribution >= 4 is 29.7 Å². The number of fused-ring (bicyclic) bond motifs is 1. The van der Waals surface area contributed by atoms with Crippen molar-refractivity contribution in [3.05, 3.63) is 35.4 Å². The summed E-state index contributed by atoms with van der Waals surface area (Å²) < 4.78 is 20.9. The van der Waals surface area contributed by atoms with Gasteiger partial charge < -0.3 is 24.1 Å². The summed E-state index contributed by atoms with van der Waals surface area (Å²) in [6.07, 6.45) is -5.90. The molecule has 2 aliphatic heterocycles. The molecule has 0 unspecified atom stereocenters. The molecular formula is C20H21NO10. The van der Waals surface area contributed by atoms with Gasteiger partial charge in [0.15, 0.2) is 18.5 Å². The van der Waals surface area contributed by atoms with Gasteiger partial charge in [0, 0.05) is 20.8 Å². The van der Waals surface area contributed by atoms with Crippen LogP contribution in [-0.2, 0) is 33.3 Å². The number of hydrogen-bond acceptors (Lipinski definition) is 10. The van der Waals surface area contributed by atoms with Crippen LogP contribution >= 0.6 is 0 Å². The summed E-state index contributed by atoms with van der Waals surface area (Å²) in [5, 5.41) is 10.7. The number of benzene rings is 1. The number of aliphatic hydroxyl groups excluding tert-OH is 1. The van der Waals surface area contributed by atoms with Crippen LogP contribution in [0.1, 0.15) is 41.5 Å². The number of rotatable bonds is 5. The minimum absolute atomic E-state index is 0.104. The molecule has 0 bridgehead atoms. The normalized spacial score (nSPS) is 27.5. The molecule has 0 spiro atoms. The smallest absolute Gasteiger partial charge is 0.303 e. The molecule has 1 N–H and O–H groups in total. The molecule has 3 rings (SSSR count). The number of aliphatic hydroxyl groups is 1. The van der Waals surface area contributed by atoms with Crippen LogP contribution in [0.4, 0.5) is 0 Å². The van der Waals surface area contributed by atoms with Crippen molar-refractivity contribution in [3.63, 3.8) is 0 Å². The predicted octanol–water partition coefficient (Wildman–Crippen LogP) is -0.205. The van der Waals surface area contributed by atoms with Crippen molar-refractivity contribution in [3.8, 4) is 0 Å². The second kappa shape index (κ2) is 8.82. The van der Waals surface area contributed by atoms with Crippen molar-refractivity contribution < 1.29 is 48.0 Å². The largest absolute Gasteiger partial charge is 0.463 e. The monoisotopic (exact) mass is 435 g/mol. The van der Waals surface area contributed by atoms with Gasteiger partial charge in [-0.2, -0.15) is 0 Å². The maximum atomic E-state index is 12.9. The van der Waals surface area contributed by atoms with Crippen LogP contribution < -0.4 is 0 Å². The molecule has 1 saturated heterocycles. The van der Waals surface area contributed by atoms with Crippen molar-refractivity contribution in [2.24, 2.45) is 0 Å². The lowest BCUT2D eigenvalue weighted by Crippen LogP contribution is -2.67. The van der Waals surface area contributed by atoms with Crippen LogP contribution in [-0.4, -0.2) is 77.0 Å². The number of ether oxygens (including phenoxy) is 4. The Labute approximate surface area is 176 Å². The number of carbonyl (C=O) groups is 5. The summed E-state index contributed by atoms with van der Waals surface area (Å²) in [5.74, 6) is -3.72. The maximum absolute atomic E-state index is 12.9. The van der Waals surface area contributed by atoms with Crippen molar-refractivity contribution in [2.75, 3.05) is 6.61 Å². The molecule has 0 aromatic heterocycles. The van der Waals surface area contributed by atoms with Gasteiger partial charge in [-0.15, -0.1) is 0 Å². The first-order chi connectivity index (χ1) is 14.6. The minimum atomic E-state index is -1.82. The Morgan fingerprint density at radius 1 is 0.935 bits per heavy atom. The van der Waals surface area contributed by atoms with E-state index in [0.29, 0.717) is 0 Å². The first-order valence-corrected chi connectivity index (χ1v) is 9.40. The number of nitrogens with zero attached hydrogens (tertiary/aromatic N) is 1. The van der Waals surface area contributed by atoms with Crippen LogP contribution in [0.5, 0.6) is 0 Å². The predicted molar refractivity (Wildman–Crippen MR) is 99.4 cm³/mol. The molecular weight excluding hydrogens is 414 g/mol. The molecule has 31 heavy (non-hydrogen) atoms. The van der Waals surface area contributed by atoms with E-state index in [-0.39, 0.29) is 11.1 Å². The molecule has 1 aromatic carbocycles. The average molecular weight is 435 g/mol. The third-order valence-electron chi connectivity index (χ3n) is 4.81. The first kappa shape index (κ1) is 22.4. The van der Waals surface area contributed by atoms with Gasteiger partial charge in [-0.1, -0.05) is 12.1 Å². The Kier molecular flexibility index (Phi) is 6.37. The summed E-state index contributed by atoms with van der Waals surface area (Å²) in [6, 6.07) is 4.51. The molecule has 0 radical (unpaired) electrons. The standard InChI is InChI=1S/C20H21NO10/c1-9(22)28-8-14-16(29-10(2)23)17(30-11(3)24)15(20(27)31-14)21-18(25)12-6-4-5-7-13(12)19(21)26/h4-7,14-17,20,27H,8H2,1-3H3/t14-,15-,16-,17-,20-/m1/s1. The summed E-state index contributed by atoms with van der Waals surface area (Å²) in [4.78, 5) is 61.3. The molecule has 1 aromatic rings. The highest BCUT2D eigenvalue weighted by molar-refractivity contribution is 6.21. The van der Waals surface area contributed by atoms with E-state index in [1.807, 2.05) is 0 Å². The SMILES string of the molecule is CC(=O)OC[C@H]1O[C@@H](O)[C@H](N2C(=O)c3ccccc3C2=O)[C@@H](OC(C)=O)[C@@H]1OC(C)=O. The zero-order valence-electron chi connectivity index (χ0n) is 17.0. The molecule has 1 fully saturated rings. The van der Waals surface area contributed by atoms with E-state index in [1.54, 1.807) is 12.1 Å². The number of imide groups is 1. The Morgan fingerprint density at radius 2 is 1.45 bits per heavy atom. The van der Waals surface area contributed by atoms with E-state index >= 15 is 0 Å². The van der Waals surface area contributed by atoms with Crippen LogP contribution in [0.3, 0.4) is 0 Å². The van der Waals surface area contributed by atoms with E-state index in [4.69, 9.17) is 18.9 Å². The molecule has 2 amide bonds. The molecule has 5 atom stereocenters. The topological polar surface area (TPSA) is 146 Å². The van der Waals surface area contributed by atoms with E-state index in [2.05, 4.69) is 0 Å². The average Bonchev–Trinajstić information content (AvgIpc) is 2.93. The zero-order chi connectivity index (χ0) is 22.9. The van der Waals surface area contributed by atoms with Crippen LogP contribution in [0.15, 0.2) is 24.3 Å². The van der Waals surface area contributed by atoms with Crippen molar-refractivity contribution in [2.45, 2.75) is 51.4 Å². The van der Waals surface area contributed by atoms with Gasteiger partial charge in [0.25, 0.3) is 11.8 Å². The molecule has 166 valence electrons. The lowest BCUT2D eigenvalue weighted by molar-refractivity contribution is -0.272. The van der Waals surface area contributed by atoms with Crippen LogP contribution in [0.25, 0.3) is 0 Å². The third-order valence-corrected chi connectivity index (χ3v) is 4.81. The van der Waals surface area contributed by atoms with Gasteiger partial charge in [-0.05, 0) is 12.1 Å². The first-order valence-electron chi connectivity index (χ1n) is 9.40. The fraction of sp³-hybridized carbons (Fsp3) is 0.450. The quantitative estimate of drug-likeness (QED) is 0.375. The van der Waals surface area contributed by atoms with Gasteiger partial charge in [0.2, 0.25) is 0 Å². The fourth-order valence-corrected chi connectivity index (χ4v) is 3.65. The van der Waals surface area contributed by atoms with E-state index in [0.717, 1.165) is 25.7 Å². The van der Waals surface area contributed by atoms with Crippen molar-refractivity contribution in [1.29, 1.82) is 0 Å². The second-order valence-corrected chi connectivity index (χ2v) is 7.03. The highest BCUT2D eigenvalue weighted by Crippen LogP contribution is 2.34. The molecule has 11 heteroatoms.